The second kappa shape index (κ2) is 14.5. The van der Waals surface area contributed by atoms with Crippen molar-refractivity contribution in [2.45, 2.75) is 50.2 Å². The lowest BCUT2D eigenvalue weighted by Gasteiger charge is -2.23. The van der Waals surface area contributed by atoms with Gasteiger partial charge >= 0.3 is 0 Å². The van der Waals surface area contributed by atoms with E-state index in [0.29, 0.717) is 54.4 Å². The minimum Gasteiger partial charge on any atom is -0.387 e. The molecule has 3 aromatic heterocycles. The summed E-state index contributed by atoms with van der Waals surface area (Å²) in [5, 5.41) is 40.3. The largest absolute Gasteiger partial charge is 0.387 e. The highest BCUT2D eigenvalue weighted by atomic mass is 16.6. The van der Waals surface area contributed by atoms with E-state index in [2.05, 4.69) is 39.7 Å². The van der Waals surface area contributed by atoms with Crippen molar-refractivity contribution >= 4 is 22.9 Å². The zero-order valence-corrected chi connectivity index (χ0v) is 27.1. The molecule has 0 aliphatic carbocycles. The van der Waals surface area contributed by atoms with E-state index in [0.717, 1.165) is 16.7 Å². The minimum absolute atomic E-state index is 0.00390. The average molecular weight is 662 g/mol. The number of nitrogens with zero attached hydrogens (tertiary/aromatic N) is 6. The summed E-state index contributed by atoms with van der Waals surface area (Å²) < 4.78 is 13.3. The van der Waals surface area contributed by atoms with E-state index >= 15 is 0 Å². The van der Waals surface area contributed by atoms with E-state index in [1.54, 1.807) is 15.5 Å². The van der Waals surface area contributed by atoms with Crippen LogP contribution in [0.5, 0.6) is 0 Å². The molecule has 12 heteroatoms. The van der Waals surface area contributed by atoms with Crippen molar-refractivity contribution in [3.8, 4) is 0 Å². The third-order valence-electron chi connectivity index (χ3n) is 8.99. The van der Waals surface area contributed by atoms with Crippen molar-refractivity contribution in [2.75, 3.05) is 30.0 Å². The van der Waals surface area contributed by atoms with Gasteiger partial charge in [-0.25, -0.2) is 4.98 Å². The number of anilines is 2. The van der Waals surface area contributed by atoms with E-state index in [1.165, 1.54) is 6.33 Å². The predicted molar refractivity (Wildman–Crippen MR) is 184 cm³/mol. The van der Waals surface area contributed by atoms with Crippen molar-refractivity contribution in [1.29, 1.82) is 0 Å². The van der Waals surface area contributed by atoms with Crippen LogP contribution in [0.1, 0.15) is 53.3 Å². The average Bonchev–Trinajstić information content (AvgIpc) is 3.88. The van der Waals surface area contributed by atoms with Crippen LogP contribution in [0.15, 0.2) is 108 Å². The van der Waals surface area contributed by atoms with Gasteiger partial charge in [0.1, 0.15) is 25.0 Å². The van der Waals surface area contributed by atoms with Crippen molar-refractivity contribution < 1.29 is 24.6 Å². The number of aliphatic hydroxyl groups excluding tert-OH is 3. The van der Waals surface area contributed by atoms with E-state index in [9.17, 15) is 15.3 Å². The first kappa shape index (κ1) is 32.4. The number of hydrogen-bond donors (Lipinski definition) is 4. The Morgan fingerprint density at radius 2 is 1.57 bits per heavy atom. The normalized spacial score (nSPS) is 19.1. The van der Waals surface area contributed by atoms with Gasteiger partial charge in [-0.1, -0.05) is 103 Å². The Morgan fingerprint density at radius 3 is 2.20 bits per heavy atom. The van der Waals surface area contributed by atoms with Crippen molar-refractivity contribution in [2.24, 2.45) is 0 Å². The lowest BCUT2D eigenvalue weighted by Crippen LogP contribution is -2.30. The van der Waals surface area contributed by atoms with E-state index in [4.69, 9.17) is 19.2 Å². The molecule has 0 saturated carbocycles. The van der Waals surface area contributed by atoms with Gasteiger partial charge in [0.2, 0.25) is 5.95 Å². The predicted octanol–water partition coefficient (Wildman–Crippen LogP) is 4.61. The van der Waals surface area contributed by atoms with Gasteiger partial charge in [-0.2, -0.15) is 9.97 Å². The molecule has 7 rings (SSSR count). The van der Waals surface area contributed by atoms with Crippen LogP contribution in [0.2, 0.25) is 0 Å². The molecule has 4 heterocycles. The van der Waals surface area contributed by atoms with Crippen LogP contribution in [0.25, 0.3) is 11.2 Å². The Morgan fingerprint density at radius 1 is 0.898 bits per heavy atom. The monoisotopic (exact) mass is 661 g/mol. The third kappa shape index (κ3) is 6.76. The molecule has 3 aromatic carbocycles. The molecule has 1 aliphatic heterocycles. The maximum atomic E-state index is 11.2. The van der Waals surface area contributed by atoms with Gasteiger partial charge in [0, 0.05) is 25.1 Å². The molecule has 1 saturated heterocycles. The minimum atomic E-state index is -1.32. The molecule has 252 valence electrons. The number of imidazole rings is 1. The lowest BCUT2D eigenvalue weighted by atomic mass is 9.91. The quantitative estimate of drug-likeness (QED) is 0.128. The van der Waals surface area contributed by atoms with E-state index in [-0.39, 0.29) is 18.6 Å². The second-order valence-corrected chi connectivity index (χ2v) is 12.1. The van der Waals surface area contributed by atoms with Gasteiger partial charge in [0.15, 0.2) is 29.0 Å². The summed E-state index contributed by atoms with van der Waals surface area (Å²) in [7, 11) is 0. The molecule has 1 aliphatic rings. The van der Waals surface area contributed by atoms with Crippen LogP contribution in [-0.4, -0.2) is 72.0 Å². The summed E-state index contributed by atoms with van der Waals surface area (Å²) in [6.45, 7) is 2.56. The maximum Gasteiger partial charge on any atom is 0.231 e. The number of aryl methyl sites for hydroxylation is 1. The summed E-state index contributed by atoms with van der Waals surface area (Å²) in [5.74, 6) is 1.06. The smallest absolute Gasteiger partial charge is 0.231 e. The molecular weight excluding hydrogens is 622 g/mol. The number of benzene rings is 3. The summed E-state index contributed by atoms with van der Waals surface area (Å²) >= 11 is 0. The topological polar surface area (TPSA) is 155 Å². The summed E-state index contributed by atoms with van der Waals surface area (Å²) in [4.78, 5) is 16.1. The Hall–Kier alpha value is -5.14. The molecule has 0 bridgehead atoms. The second-order valence-electron chi connectivity index (χ2n) is 12.1. The van der Waals surface area contributed by atoms with Crippen LogP contribution < -0.4 is 10.2 Å². The van der Waals surface area contributed by atoms with Crippen LogP contribution in [0.3, 0.4) is 0 Å². The summed E-state index contributed by atoms with van der Waals surface area (Å²) in [5.41, 5.74) is 4.92. The molecule has 0 unspecified atom stereocenters. The highest BCUT2D eigenvalue weighted by molar-refractivity contribution is 5.84. The molecule has 49 heavy (non-hydrogen) atoms. The molecular formula is C37H39N7O5. The van der Waals surface area contributed by atoms with Crippen LogP contribution in [0.4, 0.5) is 11.8 Å². The van der Waals surface area contributed by atoms with Crippen LogP contribution in [0, 0.1) is 0 Å². The Labute approximate surface area is 283 Å². The number of aliphatic hydroxyl groups is 3. The van der Waals surface area contributed by atoms with E-state index in [1.807, 2.05) is 73.7 Å². The molecule has 0 amide bonds. The van der Waals surface area contributed by atoms with Gasteiger partial charge in [0.25, 0.3) is 0 Å². The fourth-order valence-corrected chi connectivity index (χ4v) is 6.25. The van der Waals surface area contributed by atoms with Crippen molar-refractivity contribution in [3.63, 3.8) is 0 Å². The first-order chi connectivity index (χ1) is 24.0. The molecule has 0 radical (unpaired) electrons. The van der Waals surface area contributed by atoms with Gasteiger partial charge in [-0.3, -0.25) is 4.57 Å². The molecule has 12 nitrogen and oxygen atoms in total. The zero-order valence-electron chi connectivity index (χ0n) is 27.1. The van der Waals surface area contributed by atoms with Gasteiger partial charge in [-0.05, 0) is 29.5 Å². The van der Waals surface area contributed by atoms with Crippen LogP contribution >= 0.6 is 0 Å². The van der Waals surface area contributed by atoms with Crippen molar-refractivity contribution in [3.05, 3.63) is 132 Å². The highest BCUT2D eigenvalue weighted by Gasteiger charge is 2.47. The molecule has 6 aromatic rings. The van der Waals surface area contributed by atoms with E-state index < -0.39 is 24.5 Å². The van der Waals surface area contributed by atoms with Crippen molar-refractivity contribution in [1.82, 2.24) is 24.7 Å². The first-order valence-corrected chi connectivity index (χ1v) is 16.5. The maximum absolute atomic E-state index is 11.2. The SMILES string of the molecule is CCc1cc([C@H]2O[C@@H](n3cnc4c(NCC(c5ccccc5)c5ccccc5)nc(N(CO)CCc5ccccc5)nc43)[C@H](O)[C@@H]2O)on1. The molecule has 4 atom stereocenters. The number of rotatable bonds is 13. The first-order valence-electron chi connectivity index (χ1n) is 16.5. The zero-order chi connectivity index (χ0) is 33.7. The van der Waals surface area contributed by atoms with Crippen LogP contribution in [-0.2, 0) is 17.6 Å². The fraction of sp³-hybridized carbons (Fsp3) is 0.297. The Kier molecular flexibility index (Phi) is 9.62. The van der Waals surface area contributed by atoms with Gasteiger partial charge in [-0.15, -0.1) is 0 Å². The molecule has 0 spiro atoms. The standard InChI is InChI=1S/C37H39N7O5/c1-2-27-20-29(49-42-27)33-31(46)32(47)36(48-33)44-22-39-30-34(38-21-28(25-14-8-4-9-15-25)26-16-10-5-11-17-26)40-37(41-35(30)44)43(23-45)19-18-24-12-6-3-7-13-24/h3-17,20,22,28,31-33,36,45-47H,2,18-19,21,23H2,1H3,(H,38,40,41)/t31-,32+,33+,36+/m0/s1. The Balaban J connectivity index is 1.25. The summed E-state index contributed by atoms with van der Waals surface area (Å²) in [6, 6.07) is 32.2. The van der Waals surface area contributed by atoms with Gasteiger partial charge in [0.05, 0.1) is 12.0 Å². The number of fused-ring (bicyclic) bond motifs is 1. The number of ether oxygens (including phenoxy) is 1. The van der Waals surface area contributed by atoms with Gasteiger partial charge < -0.3 is 34.8 Å². The number of nitrogens with one attached hydrogen (secondary N) is 1. The highest BCUT2D eigenvalue weighted by Crippen LogP contribution is 2.40. The summed E-state index contributed by atoms with van der Waals surface area (Å²) in [6.07, 6.45) is -1.75. The fourth-order valence-electron chi connectivity index (χ4n) is 6.25. The number of hydrogen-bond acceptors (Lipinski definition) is 11. The Bertz CT molecular complexity index is 1910. The number of aromatic nitrogens is 5. The molecule has 1 fully saturated rings. The lowest BCUT2D eigenvalue weighted by molar-refractivity contribution is -0.0434. The third-order valence-corrected chi connectivity index (χ3v) is 8.99. The molecule has 4 N–H and O–H groups in total.